The van der Waals surface area contributed by atoms with Crippen molar-refractivity contribution < 1.29 is 13.9 Å². The highest BCUT2D eigenvalue weighted by Gasteiger charge is 2.24. The Labute approximate surface area is 118 Å². The summed E-state index contributed by atoms with van der Waals surface area (Å²) in [6.07, 6.45) is 0.697. The Balaban J connectivity index is 2.04. The fraction of sp³-hybridized carbons (Fsp3) is 0.571. The summed E-state index contributed by atoms with van der Waals surface area (Å²) in [5.74, 6) is -0.379. The van der Waals surface area contributed by atoms with Crippen molar-refractivity contribution in [2.24, 2.45) is 0 Å². The van der Waals surface area contributed by atoms with Gasteiger partial charge in [-0.2, -0.15) is 0 Å². The van der Waals surface area contributed by atoms with Crippen LogP contribution in [0.2, 0.25) is 5.02 Å². The number of hydrogen-bond donors (Lipinski definition) is 1. The summed E-state index contributed by atoms with van der Waals surface area (Å²) < 4.78 is 24.6. The van der Waals surface area contributed by atoms with Crippen molar-refractivity contribution in [1.29, 1.82) is 0 Å². The second-order valence-corrected chi connectivity index (χ2v) is 5.01. The lowest BCUT2D eigenvalue weighted by molar-refractivity contribution is -0.101. The van der Waals surface area contributed by atoms with Crippen LogP contribution < -0.4 is 5.32 Å². The van der Waals surface area contributed by atoms with E-state index in [0.29, 0.717) is 26.2 Å². The van der Waals surface area contributed by atoms with Gasteiger partial charge in [-0.1, -0.05) is 24.6 Å². The Morgan fingerprint density at radius 1 is 1.47 bits per heavy atom. The first-order valence-electron chi connectivity index (χ1n) is 6.57. The minimum atomic E-state index is -0.379. The van der Waals surface area contributed by atoms with Crippen LogP contribution in [0, 0.1) is 5.82 Å². The summed E-state index contributed by atoms with van der Waals surface area (Å²) >= 11 is 5.69. The standard InChI is InChI=1S/C14H19ClFNO2/c1-2-17-13(14-9-18-5-6-19-14)8-10-3-4-11(15)12(16)7-10/h3-4,7,13-14,17H,2,5-6,8-9H2,1H3. The summed E-state index contributed by atoms with van der Waals surface area (Å²) in [4.78, 5) is 0. The zero-order chi connectivity index (χ0) is 13.7. The molecule has 1 fully saturated rings. The molecule has 1 heterocycles. The zero-order valence-electron chi connectivity index (χ0n) is 11.0. The van der Waals surface area contributed by atoms with Crippen molar-refractivity contribution in [3.05, 3.63) is 34.6 Å². The Morgan fingerprint density at radius 3 is 2.95 bits per heavy atom. The third-order valence-electron chi connectivity index (χ3n) is 3.20. The normalized spacial score (nSPS) is 21.3. The maximum atomic E-state index is 13.4. The number of nitrogens with one attached hydrogen (secondary N) is 1. The van der Waals surface area contributed by atoms with Crippen LogP contribution in [0.15, 0.2) is 18.2 Å². The first kappa shape index (κ1) is 14.7. The molecule has 0 bridgehead atoms. The SMILES string of the molecule is CCNC(Cc1ccc(Cl)c(F)c1)C1COCCO1. The molecule has 0 aromatic heterocycles. The van der Waals surface area contributed by atoms with Crippen LogP contribution in [-0.4, -0.2) is 38.5 Å². The molecule has 0 amide bonds. The van der Waals surface area contributed by atoms with Gasteiger partial charge in [0.1, 0.15) is 5.82 Å². The van der Waals surface area contributed by atoms with Crippen molar-refractivity contribution in [3.63, 3.8) is 0 Å². The predicted molar refractivity (Wildman–Crippen MR) is 73.1 cm³/mol. The zero-order valence-corrected chi connectivity index (χ0v) is 11.8. The molecule has 1 aliphatic rings. The molecule has 2 unspecified atom stereocenters. The minimum absolute atomic E-state index is 0.00689. The van der Waals surface area contributed by atoms with Gasteiger partial charge in [0.15, 0.2) is 0 Å². The molecule has 1 N–H and O–H groups in total. The summed E-state index contributed by atoms with van der Waals surface area (Å²) in [6, 6.07) is 5.04. The van der Waals surface area contributed by atoms with Gasteiger partial charge in [-0.05, 0) is 30.7 Å². The van der Waals surface area contributed by atoms with E-state index in [1.165, 1.54) is 6.07 Å². The molecule has 0 aliphatic carbocycles. The first-order valence-corrected chi connectivity index (χ1v) is 6.95. The first-order chi connectivity index (χ1) is 9.20. The Bertz CT molecular complexity index is 410. The highest BCUT2D eigenvalue weighted by molar-refractivity contribution is 6.30. The number of benzene rings is 1. The van der Waals surface area contributed by atoms with E-state index in [9.17, 15) is 4.39 Å². The van der Waals surface area contributed by atoms with E-state index in [-0.39, 0.29) is 23.0 Å². The smallest absolute Gasteiger partial charge is 0.142 e. The molecule has 3 nitrogen and oxygen atoms in total. The molecule has 0 spiro atoms. The van der Waals surface area contributed by atoms with Crippen molar-refractivity contribution in [2.45, 2.75) is 25.5 Å². The molecular formula is C14H19ClFNO2. The fourth-order valence-electron chi connectivity index (χ4n) is 2.26. The van der Waals surface area contributed by atoms with E-state index in [0.717, 1.165) is 12.1 Å². The van der Waals surface area contributed by atoms with E-state index in [1.54, 1.807) is 6.07 Å². The summed E-state index contributed by atoms with van der Waals surface area (Å²) in [5, 5.41) is 3.53. The maximum Gasteiger partial charge on any atom is 0.142 e. The van der Waals surface area contributed by atoms with E-state index in [4.69, 9.17) is 21.1 Å². The van der Waals surface area contributed by atoms with Crippen molar-refractivity contribution in [3.8, 4) is 0 Å². The highest BCUT2D eigenvalue weighted by atomic mass is 35.5. The molecule has 2 atom stereocenters. The van der Waals surface area contributed by atoms with Crippen LogP contribution in [0.4, 0.5) is 4.39 Å². The Hall–Kier alpha value is -0.680. The van der Waals surface area contributed by atoms with Crippen molar-refractivity contribution in [1.82, 2.24) is 5.32 Å². The average molecular weight is 288 g/mol. The Kier molecular flexibility index (Phi) is 5.58. The molecular weight excluding hydrogens is 269 g/mol. The quantitative estimate of drug-likeness (QED) is 0.902. The minimum Gasteiger partial charge on any atom is -0.376 e. The predicted octanol–water partition coefficient (Wildman–Crippen LogP) is 2.42. The number of rotatable bonds is 5. The van der Waals surface area contributed by atoms with Crippen LogP contribution in [0.5, 0.6) is 0 Å². The lowest BCUT2D eigenvalue weighted by Crippen LogP contribution is -2.47. The molecule has 0 radical (unpaired) electrons. The van der Waals surface area contributed by atoms with Crippen molar-refractivity contribution in [2.75, 3.05) is 26.4 Å². The van der Waals surface area contributed by atoms with Gasteiger partial charge >= 0.3 is 0 Å². The average Bonchev–Trinajstić information content (AvgIpc) is 2.43. The van der Waals surface area contributed by atoms with Crippen LogP contribution in [0.3, 0.4) is 0 Å². The van der Waals surface area contributed by atoms with Gasteiger partial charge in [0.25, 0.3) is 0 Å². The van der Waals surface area contributed by atoms with Gasteiger partial charge in [0, 0.05) is 6.04 Å². The van der Waals surface area contributed by atoms with E-state index >= 15 is 0 Å². The topological polar surface area (TPSA) is 30.5 Å². The van der Waals surface area contributed by atoms with Gasteiger partial charge in [0.05, 0.1) is 30.9 Å². The van der Waals surface area contributed by atoms with Crippen LogP contribution >= 0.6 is 11.6 Å². The third kappa shape index (κ3) is 4.14. The summed E-state index contributed by atoms with van der Waals surface area (Å²) in [6.45, 7) is 4.71. The van der Waals surface area contributed by atoms with Gasteiger partial charge in [-0.15, -0.1) is 0 Å². The molecule has 0 saturated carbocycles. The fourth-order valence-corrected chi connectivity index (χ4v) is 2.37. The van der Waals surface area contributed by atoms with E-state index in [2.05, 4.69) is 5.32 Å². The molecule has 1 saturated heterocycles. The summed E-state index contributed by atoms with van der Waals surface area (Å²) in [7, 11) is 0. The lowest BCUT2D eigenvalue weighted by Gasteiger charge is -2.31. The highest BCUT2D eigenvalue weighted by Crippen LogP contribution is 2.18. The molecule has 1 aromatic carbocycles. The van der Waals surface area contributed by atoms with Crippen molar-refractivity contribution >= 4 is 11.6 Å². The molecule has 5 heteroatoms. The van der Waals surface area contributed by atoms with Gasteiger partial charge in [0.2, 0.25) is 0 Å². The van der Waals surface area contributed by atoms with Gasteiger partial charge in [-0.25, -0.2) is 4.39 Å². The second-order valence-electron chi connectivity index (χ2n) is 4.60. The molecule has 2 rings (SSSR count). The molecule has 1 aliphatic heterocycles. The number of halogens is 2. The largest absolute Gasteiger partial charge is 0.376 e. The van der Waals surface area contributed by atoms with Crippen LogP contribution in [0.25, 0.3) is 0 Å². The van der Waals surface area contributed by atoms with Gasteiger partial charge < -0.3 is 14.8 Å². The Morgan fingerprint density at radius 2 is 2.32 bits per heavy atom. The van der Waals surface area contributed by atoms with Crippen LogP contribution in [0.1, 0.15) is 12.5 Å². The summed E-state index contributed by atoms with van der Waals surface area (Å²) in [5.41, 5.74) is 0.905. The number of likely N-dealkylation sites (N-methyl/N-ethyl adjacent to an activating group) is 1. The van der Waals surface area contributed by atoms with Gasteiger partial charge in [-0.3, -0.25) is 0 Å². The number of hydrogen-bond acceptors (Lipinski definition) is 3. The maximum absolute atomic E-state index is 13.4. The molecule has 1 aromatic rings. The number of ether oxygens (including phenoxy) is 2. The third-order valence-corrected chi connectivity index (χ3v) is 3.50. The monoisotopic (exact) mass is 287 g/mol. The lowest BCUT2D eigenvalue weighted by atomic mass is 10.0. The van der Waals surface area contributed by atoms with E-state index in [1.807, 2.05) is 13.0 Å². The molecule has 106 valence electrons. The van der Waals surface area contributed by atoms with E-state index < -0.39 is 0 Å². The second kappa shape index (κ2) is 7.20. The molecule has 19 heavy (non-hydrogen) atoms. The van der Waals surface area contributed by atoms with Crippen LogP contribution in [-0.2, 0) is 15.9 Å².